The van der Waals surface area contributed by atoms with Gasteiger partial charge in [0, 0.05) is 10.8 Å². The fourth-order valence-corrected chi connectivity index (χ4v) is 1.96. The number of nitrogens with zero attached hydrogens (tertiary/aromatic N) is 1. The summed E-state index contributed by atoms with van der Waals surface area (Å²) in [7, 11) is 0. The van der Waals surface area contributed by atoms with E-state index in [1.165, 1.54) is 0 Å². The van der Waals surface area contributed by atoms with Crippen molar-refractivity contribution in [2.45, 2.75) is 38.8 Å². The SMILES string of the molecule is CC(C)(C)c1csc(CC(F)(F)F)n1. The third-order valence-electron chi connectivity index (χ3n) is 1.67. The number of hydrogen-bond donors (Lipinski definition) is 0. The van der Waals surface area contributed by atoms with Gasteiger partial charge in [0.1, 0.15) is 5.01 Å². The topological polar surface area (TPSA) is 12.9 Å². The highest BCUT2D eigenvalue weighted by Crippen LogP contribution is 2.27. The molecule has 0 spiro atoms. The van der Waals surface area contributed by atoms with E-state index < -0.39 is 12.6 Å². The van der Waals surface area contributed by atoms with Crippen molar-refractivity contribution in [3.63, 3.8) is 0 Å². The summed E-state index contributed by atoms with van der Waals surface area (Å²) >= 11 is 1.07. The standard InChI is InChI=1S/C9H12F3NS/c1-8(2,3)6-5-14-7(13-6)4-9(10,11)12/h5H,4H2,1-3H3. The summed E-state index contributed by atoms with van der Waals surface area (Å²) in [6.45, 7) is 5.79. The fraction of sp³-hybridized carbons (Fsp3) is 0.667. The maximum Gasteiger partial charge on any atom is 0.395 e. The van der Waals surface area contributed by atoms with E-state index in [-0.39, 0.29) is 10.4 Å². The van der Waals surface area contributed by atoms with Crippen LogP contribution in [0.5, 0.6) is 0 Å². The summed E-state index contributed by atoms with van der Waals surface area (Å²) in [5.41, 5.74) is 0.544. The molecule has 1 aromatic heterocycles. The minimum Gasteiger partial charge on any atom is -0.245 e. The Morgan fingerprint density at radius 3 is 2.21 bits per heavy atom. The second-order valence-electron chi connectivity index (χ2n) is 4.17. The van der Waals surface area contributed by atoms with Gasteiger partial charge in [-0.15, -0.1) is 11.3 Å². The Labute approximate surface area is 85.0 Å². The van der Waals surface area contributed by atoms with E-state index in [4.69, 9.17) is 0 Å². The molecule has 0 aliphatic rings. The molecule has 1 nitrogen and oxygen atoms in total. The number of rotatable bonds is 1. The molecule has 1 heterocycles. The van der Waals surface area contributed by atoms with Crippen LogP contribution < -0.4 is 0 Å². The molecule has 0 atom stereocenters. The third-order valence-corrected chi connectivity index (χ3v) is 2.52. The highest BCUT2D eigenvalue weighted by Gasteiger charge is 2.30. The fourth-order valence-electron chi connectivity index (χ4n) is 0.908. The van der Waals surface area contributed by atoms with E-state index in [9.17, 15) is 13.2 Å². The van der Waals surface area contributed by atoms with Crippen molar-refractivity contribution in [3.05, 3.63) is 16.1 Å². The lowest BCUT2D eigenvalue weighted by Gasteiger charge is -2.14. The molecule has 0 aliphatic carbocycles. The van der Waals surface area contributed by atoms with E-state index in [0.29, 0.717) is 0 Å². The molecule has 1 rings (SSSR count). The number of halogens is 3. The first-order valence-corrected chi connectivity index (χ1v) is 5.08. The molecule has 1 aromatic rings. The van der Waals surface area contributed by atoms with Crippen LogP contribution in [-0.4, -0.2) is 11.2 Å². The van der Waals surface area contributed by atoms with Crippen LogP contribution in [0.1, 0.15) is 31.5 Å². The summed E-state index contributed by atoms with van der Waals surface area (Å²) in [6.07, 6.45) is -5.08. The number of aromatic nitrogens is 1. The van der Waals surface area contributed by atoms with Crippen molar-refractivity contribution >= 4 is 11.3 Å². The predicted octanol–water partition coefficient (Wildman–Crippen LogP) is 3.55. The molecule has 0 aromatic carbocycles. The summed E-state index contributed by atoms with van der Waals surface area (Å²) in [5.74, 6) is 0. The average molecular weight is 223 g/mol. The van der Waals surface area contributed by atoms with Crippen molar-refractivity contribution in [2.75, 3.05) is 0 Å². The van der Waals surface area contributed by atoms with Gasteiger partial charge in [-0.25, -0.2) is 4.98 Å². The van der Waals surface area contributed by atoms with E-state index in [1.54, 1.807) is 5.38 Å². The van der Waals surface area contributed by atoms with E-state index in [2.05, 4.69) is 4.98 Å². The molecule has 5 heteroatoms. The number of alkyl halides is 3. The van der Waals surface area contributed by atoms with Gasteiger partial charge >= 0.3 is 6.18 Å². The lowest BCUT2D eigenvalue weighted by atomic mass is 9.93. The average Bonchev–Trinajstić information content (AvgIpc) is 2.29. The van der Waals surface area contributed by atoms with Gasteiger partial charge in [-0.1, -0.05) is 20.8 Å². The van der Waals surface area contributed by atoms with Gasteiger partial charge in [0.15, 0.2) is 0 Å². The van der Waals surface area contributed by atoms with Crippen molar-refractivity contribution in [1.29, 1.82) is 0 Å². The first kappa shape index (κ1) is 11.5. The molecule has 0 saturated carbocycles. The molecule has 0 bridgehead atoms. The van der Waals surface area contributed by atoms with Crippen LogP contribution in [-0.2, 0) is 11.8 Å². The zero-order valence-corrected chi connectivity index (χ0v) is 9.09. The van der Waals surface area contributed by atoms with Crippen LogP contribution in [0.2, 0.25) is 0 Å². The first-order chi connectivity index (χ1) is 6.18. The monoisotopic (exact) mass is 223 g/mol. The van der Waals surface area contributed by atoms with E-state index in [0.717, 1.165) is 17.0 Å². The zero-order chi connectivity index (χ0) is 11.0. The highest BCUT2D eigenvalue weighted by molar-refractivity contribution is 7.09. The van der Waals surface area contributed by atoms with Gasteiger partial charge in [0.25, 0.3) is 0 Å². The molecule has 14 heavy (non-hydrogen) atoms. The van der Waals surface area contributed by atoms with Crippen LogP contribution >= 0.6 is 11.3 Å². The summed E-state index contributed by atoms with van der Waals surface area (Å²) in [4.78, 5) is 3.97. The van der Waals surface area contributed by atoms with Gasteiger partial charge < -0.3 is 0 Å². The Hall–Kier alpha value is -0.580. The molecule has 0 saturated heterocycles. The van der Waals surface area contributed by atoms with Crippen molar-refractivity contribution in [2.24, 2.45) is 0 Å². The first-order valence-electron chi connectivity index (χ1n) is 4.20. The molecule has 80 valence electrons. The number of thiazole rings is 1. The Morgan fingerprint density at radius 2 is 1.86 bits per heavy atom. The van der Waals surface area contributed by atoms with Crippen molar-refractivity contribution in [1.82, 2.24) is 4.98 Å². The Morgan fingerprint density at radius 1 is 1.29 bits per heavy atom. The second kappa shape index (κ2) is 3.53. The Balaban J connectivity index is 2.79. The van der Waals surface area contributed by atoms with Gasteiger partial charge in [-0.3, -0.25) is 0 Å². The van der Waals surface area contributed by atoms with Gasteiger partial charge in [-0.05, 0) is 0 Å². The van der Waals surface area contributed by atoms with Gasteiger partial charge in [-0.2, -0.15) is 13.2 Å². The van der Waals surface area contributed by atoms with Crippen LogP contribution in [0.25, 0.3) is 0 Å². The normalized spacial score (nSPS) is 13.3. The second-order valence-corrected chi connectivity index (χ2v) is 5.11. The van der Waals surface area contributed by atoms with Crippen molar-refractivity contribution < 1.29 is 13.2 Å². The summed E-state index contributed by atoms with van der Waals surface area (Å²) in [5, 5.41) is 1.84. The van der Waals surface area contributed by atoms with E-state index in [1.807, 2.05) is 20.8 Å². The maximum absolute atomic E-state index is 12.0. The van der Waals surface area contributed by atoms with Crippen LogP contribution in [0.3, 0.4) is 0 Å². The third kappa shape index (κ3) is 3.29. The maximum atomic E-state index is 12.0. The van der Waals surface area contributed by atoms with Gasteiger partial charge in [0.2, 0.25) is 0 Å². The lowest BCUT2D eigenvalue weighted by molar-refractivity contribution is -0.127. The molecular weight excluding hydrogens is 211 g/mol. The van der Waals surface area contributed by atoms with Crippen LogP contribution in [0, 0.1) is 0 Å². The van der Waals surface area contributed by atoms with E-state index >= 15 is 0 Å². The Bertz CT molecular complexity index is 309. The largest absolute Gasteiger partial charge is 0.395 e. The minimum absolute atomic E-state index is 0.141. The Kier molecular flexibility index (Phi) is 2.90. The molecule has 0 unspecified atom stereocenters. The van der Waals surface area contributed by atoms with Gasteiger partial charge in [0.05, 0.1) is 12.1 Å². The summed E-state index contributed by atoms with van der Waals surface area (Å²) < 4.78 is 36.0. The quantitative estimate of drug-likeness (QED) is 0.709. The molecular formula is C9H12F3NS. The molecule has 0 amide bonds. The zero-order valence-electron chi connectivity index (χ0n) is 8.27. The van der Waals surface area contributed by atoms with Crippen molar-refractivity contribution in [3.8, 4) is 0 Å². The molecule has 0 fully saturated rings. The smallest absolute Gasteiger partial charge is 0.245 e. The number of hydrogen-bond acceptors (Lipinski definition) is 2. The van der Waals surface area contributed by atoms with Crippen LogP contribution in [0.4, 0.5) is 13.2 Å². The molecule has 0 radical (unpaired) electrons. The minimum atomic E-state index is -4.16. The molecule has 0 aliphatic heterocycles. The summed E-state index contributed by atoms with van der Waals surface area (Å²) in [6, 6.07) is 0. The molecule has 0 N–H and O–H groups in total. The highest BCUT2D eigenvalue weighted by atomic mass is 32.1. The van der Waals surface area contributed by atoms with Crippen LogP contribution in [0.15, 0.2) is 5.38 Å². The predicted molar refractivity (Wildman–Crippen MR) is 50.6 cm³/mol. The lowest BCUT2D eigenvalue weighted by Crippen LogP contribution is -2.14.